The predicted octanol–water partition coefficient (Wildman–Crippen LogP) is 5.24. The third kappa shape index (κ3) is 7.56. The van der Waals surface area contributed by atoms with Gasteiger partial charge in [0.25, 0.3) is 5.91 Å². The van der Waals surface area contributed by atoms with Crippen molar-refractivity contribution in [3.05, 3.63) is 82.8 Å². The third-order valence-corrected chi connectivity index (χ3v) is 8.22. The summed E-state index contributed by atoms with van der Waals surface area (Å²) in [6, 6.07) is 12.9. The van der Waals surface area contributed by atoms with Gasteiger partial charge in [-0.1, -0.05) is 36.2 Å². The number of phenols is 1. The summed E-state index contributed by atoms with van der Waals surface area (Å²) in [6.07, 6.45) is 11.4. The van der Waals surface area contributed by atoms with Crippen LogP contribution in [0.3, 0.4) is 0 Å². The Morgan fingerprint density at radius 1 is 0.974 bits per heavy atom. The summed E-state index contributed by atoms with van der Waals surface area (Å²) in [4.78, 5) is 20.2. The average molecular weight is 551 g/mol. The molecule has 3 aliphatic rings. The number of benzene rings is 2. The van der Waals surface area contributed by atoms with Gasteiger partial charge in [0.2, 0.25) is 0 Å². The highest BCUT2D eigenvalue weighted by molar-refractivity contribution is 6.31. The standard InChI is InChI=1S/C31H39ClN4O3/c32-26-7-8-28(29(22-26)31(38)33-11-16-34-12-2-1-3-13-34)24-9-14-35(15-10-24)17-18-36-19-20-39-30(23-36)25-5-4-6-27(37)21-25/h4-8,19-24,37H,1-3,9-18H2,(H,33,38). The number of hydrogen-bond donors (Lipinski definition) is 2. The SMILES string of the molecule is O=C(NCCN1CCCCC1)c1cc(Cl)ccc1C1CCN(CCN2C=COC(c3cccc(O)c3)=C2)CC1. The zero-order valence-corrected chi connectivity index (χ0v) is 23.3. The fourth-order valence-electron chi connectivity index (χ4n) is 5.76. The monoisotopic (exact) mass is 550 g/mol. The van der Waals surface area contributed by atoms with Crippen LogP contribution >= 0.6 is 11.6 Å². The highest BCUT2D eigenvalue weighted by atomic mass is 35.5. The van der Waals surface area contributed by atoms with E-state index in [2.05, 4.69) is 26.1 Å². The van der Waals surface area contributed by atoms with Gasteiger partial charge in [-0.25, -0.2) is 0 Å². The van der Waals surface area contributed by atoms with Crippen LogP contribution in [0.15, 0.2) is 61.1 Å². The summed E-state index contributed by atoms with van der Waals surface area (Å²) >= 11 is 6.32. The number of amides is 1. The van der Waals surface area contributed by atoms with E-state index in [1.54, 1.807) is 18.4 Å². The Morgan fingerprint density at radius 2 is 1.77 bits per heavy atom. The number of nitrogens with one attached hydrogen (secondary N) is 1. The zero-order chi connectivity index (χ0) is 27.0. The van der Waals surface area contributed by atoms with Crippen molar-refractivity contribution in [2.24, 2.45) is 0 Å². The van der Waals surface area contributed by atoms with Crippen molar-refractivity contribution < 1.29 is 14.6 Å². The molecule has 0 radical (unpaired) electrons. The molecule has 2 aromatic carbocycles. The number of rotatable bonds is 9. The van der Waals surface area contributed by atoms with E-state index in [1.165, 1.54) is 19.3 Å². The lowest BCUT2D eigenvalue weighted by atomic mass is 9.86. The number of nitrogens with zero attached hydrogens (tertiary/aromatic N) is 3. The first kappa shape index (κ1) is 27.6. The van der Waals surface area contributed by atoms with E-state index < -0.39 is 0 Å². The normalized spacial score (nSPS) is 19.0. The van der Waals surface area contributed by atoms with Crippen LogP contribution in [0.5, 0.6) is 5.75 Å². The maximum atomic E-state index is 13.2. The number of phenolic OH excluding ortho intramolecular Hbond substituents is 1. The van der Waals surface area contributed by atoms with E-state index in [-0.39, 0.29) is 11.7 Å². The number of carbonyl (C=O) groups is 1. The highest BCUT2D eigenvalue weighted by Gasteiger charge is 2.25. The number of halogens is 1. The van der Waals surface area contributed by atoms with Crippen LogP contribution in [0.1, 0.15) is 59.5 Å². The van der Waals surface area contributed by atoms with Crippen molar-refractivity contribution >= 4 is 23.3 Å². The van der Waals surface area contributed by atoms with Crippen molar-refractivity contribution in [3.8, 4) is 5.75 Å². The average Bonchev–Trinajstić information content (AvgIpc) is 2.97. The molecule has 2 fully saturated rings. The molecule has 5 rings (SSSR count). The van der Waals surface area contributed by atoms with Crippen molar-refractivity contribution in [2.75, 3.05) is 52.4 Å². The summed E-state index contributed by atoms with van der Waals surface area (Å²) in [6.45, 7) is 7.59. The minimum Gasteiger partial charge on any atom is -0.508 e. The second kappa shape index (κ2) is 13.4. The first-order chi connectivity index (χ1) is 19.0. The molecule has 2 saturated heterocycles. The third-order valence-electron chi connectivity index (χ3n) is 7.99. The van der Waals surface area contributed by atoms with E-state index >= 15 is 0 Å². The van der Waals surface area contributed by atoms with E-state index in [9.17, 15) is 9.90 Å². The molecule has 39 heavy (non-hydrogen) atoms. The van der Waals surface area contributed by atoms with Gasteiger partial charge < -0.3 is 29.9 Å². The Labute approximate surface area is 236 Å². The van der Waals surface area contributed by atoms with Crippen LogP contribution in [0.25, 0.3) is 5.76 Å². The van der Waals surface area contributed by atoms with Gasteiger partial charge in [0.15, 0.2) is 0 Å². The van der Waals surface area contributed by atoms with Gasteiger partial charge in [0.1, 0.15) is 17.8 Å². The van der Waals surface area contributed by atoms with Gasteiger partial charge >= 0.3 is 0 Å². The van der Waals surface area contributed by atoms with Gasteiger partial charge in [0, 0.05) is 54.7 Å². The Kier molecular flexibility index (Phi) is 9.45. The minimum atomic E-state index is -0.0135. The Bertz CT molecular complexity index is 1190. The maximum Gasteiger partial charge on any atom is 0.251 e. The quantitative estimate of drug-likeness (QED) is 0.445. The van der Waals surface area contributed by atoms with Crippen LogP contribution in [0.4, 0.5) is 0 Å². The van der Waals surface area contributed by atoms with Gasteiger partial charge in [-0.15, -0.1) is 0 Å². The summed E-state index contributed by atoms with van der Waals surface area (Å²) < 4.78 is 5.67. The molecular formula is C31H39ClN4O3. The molecule has 7 nitrogen and oxygen atoms in total. The summed E-state index contributed by atoms with van der Waals surface area (Å²) in [7, 11) is 0. The van der Waals surface area contributed by atoms with Crippen molar-refractivity contribution in [1.82, 2.24) is 20.0 Å². The molecule has 0 atom stereocenters. The molecule has 3 aliphatic heterocycles. The van der Waals surface area contributed by atoms with Gasteiger partial charge in [-0.3, -0.25) is 4.79 Å². The summed E-state index contributed by atoms with van der Waals surface area (Å²) in [5.74, 6) is 1.28. The molecule has 208 valence electrons. The van der Waals surface area contributed by atoms with Crippen LogP contribution in [-0.2, 0) is 4.74 Å². The molecule has 0 unspecified atom stereocenters. The number of hydrogen-bond acceptors (Lipinski definition) is 6. The molecular weight excluding hydrogens is 512 g/mol. The fraction of sp³-hybridized carbons (Fsp3) is 0.452. The number of aromatic hydroxyl groups is 1. The zero-order valence-electron chi connectivity index (χ0n) is 22.5. The van der Waals surface area contributed by atoms with Gasteiger partial charge in [0.05, 0.1) is 0 Å². The Hall–Kier alpha value is -3.00. The van der Waals surface area contributed by atoms with E-state index in [0.29, 0.717) is 17.5 Å². The first-order valence-electron chi connectivity index (χ1n) is 14.2. The summed E-state index contributed by atoms with van der Waals surface area (Å²) in [5, 5.41) is 13.5. The smallest absolute Gasteiger partial charge is 0.251 e. The minimum absolute atomic E-state index is 0.0135. The fourth-order valence-corrected chi connectivity index (χ4v) is 5.93. The Morgan fingerprint density at radius 3 is 2.56 bits per heavy atom. The lowest BCUT2D eigenvalue weighted by Crippen LogP contribution is -2.39. The van der Waals surface area contributed by atoms with E-state index in [1.807, 2.05) is 36.7 Å². The molecule has 0 spiro atoms. The number of piperidine rings is 2. The first-order valence-corrected chi connectivity index (χ1v) is 14.6. The highest BCUT2D eigenvalue weighted by Crippen LogP contribution is 2.32. The van der Waals surface area contributed by atoms with Crippen LogP contribution in [0, 0.1) is 0 Å². The molecule has 0 aromatic heterocycles. The molecule has 0 bridgehead atoms. The van der Waals surface area contributed by atoms with E-state index in [4.69, 9.17) is 16.3 Å². The van der Waals surface area contributed by atoms with Crippen molar-refractivity contribution in [1.29, 1.82) is 0 Å². The molecule has 1 amide bonds. The lowest BCUT2D eigenvalue weighted by molar-refractivity contribution is 0.0944. The number of likely N-dealkylation sites (tertiary alicyclic amines) is 2. The van der Waals surface area contributed by atoms with E-state index in [0.717, 1.165) is 81.1 Å². The number of carbonyl (C=O) groups excluding carboxylic acids is 1. The van der Waals surface area contributed by atoms with Gasteiger partial charge in [-0.2, -0.15) is 0 Å². The maximum absolute atomic E-state index is 13.2. The largest absolute Gasteiger partial charge is 0.508 e. The van der Waals surface area contributed by atoms with Crippen molar-refractivity contribution in [2.45, 2.75) is 38.0 Å². The number of ether oxygens (including phenoxy) is 1. The second-order valence-electron chi connectivity index (χ2n) is 10.7. The van der Waals surface area contributed by atoms with Crippen LogP contribution in [-0.4, -0.2) is 78.1 Å². The second-order valence-corrected chi connectivity index (χ2v) is 11.1. The molecule has 3 heterocycles. The molecule has 0 saturated carbocycles. The molecule has 2 N–H and O–H groups in total. The Balaban J connectivity index is 1.12. The van der Waals surface area contributed by atoms with Crippen molar-refractivity contribution in [3.63, 3.8) is 0 Å². The molecule has 8 heteroatoms. The lowest BCUT2D eigenvalue weighted by Gasteiger charge is -2.34. The predicted molar refractivity (Wildman–Crippen MR) is 156 cm³/mol. The summed E-state index contributed by atoms with van der Waals surface area (Å²) in [5.41, 5.74) is 2.69. The molecule has 2 aromatic rings. The molecule has 0 aliphatic carbocycles. The van der Waals surface area contributed by atoms with Crippen LogP contribution < -0.4 is 5.32 Å². The topological polar surface area (TPSA) is 68.3 Å². The van der Waals surface area contributed by atoms with Gasteiger partial charge in [-0.05, 0) is 87.6 Å². The van der Waals surface area contributed by atoms with Crippen LogP contribution in [0.2, 0.25) is 5.02 Å².